The molecular weight excluding hydrogens is 1190 g/mol. The van der Waals surface area contributed by atoms with Crippen LogP contribution in [0.4, 0.5) is 0 Å². The summed E-state index contributed by atoms with van der Waals surface area (Å²) in [5.74, 6) is -0.176. The van der Waals surface area contributed by atoms with E-state index in [4.69, 9.17) is 9.47 Å². The number of hydrogen-bond acceptors (Lipinski definition) is 8. The van der Waals surface area contributed by atoms with Gasteiger partial charge < -0.3 is 40.3 Å². The number of allylic oxidation sites excluding steroid dienone is 5. The van der Waals surface area contributed by atoms with Crippen molar-refractivity contribution >= 4 is 5.91 Å². The van der Waals surface area contributed by atoms with Gasteiger partial charge in [-0.2, -0.15) is 0 Å². The molecule has 6 N–H and O–H groups in total. The molecule has 0 saturated carbocycles. The Hall–Kier alpha value is -1.59. The van der Waals surface area contributed by atoms with E-state index in [9.17, 15) is 30.3 Å². The van der Waals surface area contributed by atoms with Crippen molar-refractivity contribution < 1.29 is 39.8 Å². The van der Waals surface area contributed by atoms with Crippen LogP contribution < -0.4 is 5.32 Å². The van der Waals surface area contributed by atoms with Crippen LogP contribution in [0.5, 0.6) is 0 Å². The van der Waals surface area contributed by atoms with E-state index in [1.807, 2.05) is 6.08 Å². The molecule has 9 nitrogen and oxygen atoms in total. The lowest BCUT2D eigenvalue weighted by Gasteiger charge is -2.40. The Morgan fingerprint density at radius 1 is 0.344 bits per heavy atom. The smallest absolute Gasteiger partial charge is 0.220 e. The van der Waals surface area contributed by atoms with E-state index in [0.717, 1.165) is 38.5 Å². The Labute approximate surface area is 597 Å². The molecule has 568 valence electrons. The van der Waals surface area contributed by atoms with Gasteiger partial charge in [0, 0.05) is 6.42 Å². The van der Waals surface area contributed by atoms with Crippen LogP contribution >= 0.6 is 0 Å². The van der Waals surface area contributed by atoms with Crippen LogP contribution in [0.3, 0.4) is 0 Å². The monoisotopic (exact) mass is 1350 g/mol. The van der Waals surface area contributed by atoms with Crippen molar-refractivity contribution in [1.29, 1.82) is 0 Å². The van der Waals surface area contributed by atoms with Crippen molar-refractivity contribution in [2.24, 2.45) is 0 Å². The fourth-order valence-corrected chi connectivity index (χ4v) is 14.2. The number of amides is 1. The second kappa shape index (κ2) is 76.1. The number of aliphatic hydroxyl groups excluding tert-OH is 5. The molecular formula is C87H167NO8. The molecule has 0 aliphatic carbocycles. The van der Waals surface area contributed by atoms with Gasteiger partial charge in [0.25, 0.3) is 0 Å². The highest BCUT2D eigenvalue weighted by atomic mass is 16.7. The zero-order chi connectivity index (χ0) is 69.2. The van der Waals surface area contributed by atoms with Crippen LogP contribution in [0.15, 0.2) is 36.5 Å². The minimum Gasteiger partial charge on any atom is -0.394 e. The lowest BCUT2D eigenvalue weighted by Crippen LogP contribution is -2.60. The fraction of sp³-hybridized carbons (Fsp3) is 0.920. The number of nitrogens with one attached hydrogen (secondary N) is 1. The Morgan fingerprint density at radius 2 is 0.594 bits per heavy atom. The van der Waals surface area contributed by atoms with Crippen LogP contribution in [-0.2, 0) is 14.3 Å². The number of ether oxygens (including phenoxy) is 2. The van der Waals surface area contributed by atoms with E-state index < -0.39 is 49.5 Å². The zero-order valence-corrected chi connectivity index (χ0v) is 64.2. The zero-order valence-electron chi connectivity index (χ0n) is 64.2. The molecule has 0 bridgehead atoms. The van der Waals surface area contributed by atoms with Crippen LogP contribution in [0, 0.1) is 0 Å². The molecule has 7 atom stereocenters. The van der Waals surface area contributed by atoms with Crippen LogP contribution in [0.1, 0.15) is 457 Å². The van der Waals surface area contributed by atoms with E-state index in [2.05, 4.69) is 43.5 Å². The van der Waals surface area contributed by atoms with Crippen molar-refractivity contribution in [3.8, 4) is 0 Å². The highest BCUT2D eigenvalue weighted by Gasteiger charge is 2.44. The summed E-state index contributed by atoms with van der Waals surface area (Å²) in [6.07, 6.45) is 97.7. The summed E-state index contributed by atoms with van der Waals surface area (Å²) < 4.78 is 11.3. The summed E-state index contributed by atoms with van der Waals surface area (Å²) in [5, 5.41) is 54.9. The lowest BCUT2D eigenvalue weighted by atomic mass is 9.99. The summed E-state index contributed by atoms with van der Waals surface area (Å²) in [5.41, 5.74) is 0. The van der Waals surface area contributed by atoms with E-state index in [0.29, 0.717) is 6.42 Å². The van der Waals surface area contributed by atoms with Gasteiger partial charge in [-0.3, -0.25) is 4.79 Å². The molecule has 0 radical (unpaired) electrons. The normalized spacial score (nSPS) is 17.5. The molecule has 0 spiro atoms. The van der Waals surface area contributed by atoms with Gasteiger partial charge in [0.15, 0.2) is 6.29 Å². The average molecular weight is 1360 g/mol. The van der Waals surface area contributed by atoms with Crippen molar-refractivity contribution in [3.63, 3.8) is 0 Å². The van der Waals surface area contributed by atoms with Crippen LogP contribution in [0.2, 0.25) is 0 Å². The third kappa shape index (κ3) is 63.3. The van der Waals surface area contributed by atoms with Crippen LogP contribution in [-0.4, -0.2) is 87.5 Å². The van der Waals surface area contributed by atoms with Crippen molar-refractivity contribution in [1.82, 2.24) is 5.32 Å². The Kier molecular flexibility index (Phi) is 73.2. The van der Waals surface area contributed by atoms with Gasteiger partial charge in [-0.25, -0.2) is 0 Å². The maximum Gasteiger partial charge on any atom is 0.220 e. The number of carbonyl (C=O) groups is 1. The molecule has 96 heavy (non-hydrogen) atoms. The number of carbonyl (C=O) groups excluding carboxylic acids is 1. The first-order valence-electron chi connectivity index (χ1n) is 43.2. The highest BCUT2D eigenvalue weighted by Crippen LogP contribution is 2.24. The molecule has 9 heteroatoms. The van der Waals surface area contributed by atoms with Gasteiger partial charge >= 0.3 is 0 Å². The summed E-state index contributed by atoms with van der Waals surface area (Å²) >= 11 is 0. The molecule has 1 fully saturated rings. The van der Waals surface area contributed by atoms with Crippen molar-refractivity contribution in [3.05, 3.63) is 36.5 Å². The minimum atomic E-state index is -1.57. The third-order valence-electron chi connectivity index (χ3n) is 20.9. The molecule has 0 aromatic carbocycles. The van der Waals surface area contributed by atoms with Gasteiger partial charge in [0.2, 0.25) is 5.91 Å². The molecule has 1 amide bonds. The second-order valence-corrected chi connectivity index (χ2v) is 30.3. The number of hydrogen-bond donors (Lipinski definition) is 6. The first-order valence-corrected chi connectivity index (χ1v) is 43.2. The Bertz CT molecular complexity index is 1620. The Morgan fingerprint density at radius 3 is 0.875 bits per heavy atom. The van der Waals surface area contributed by atoms with E-state index in [1.165, 1.54) is 398 Å². The van der Waals surface area contributed by atoms with E-state index in [1.54, 1.807) is 6.08 Å². The summed E-state index contributed by atoms with van der Waals surface area (Å²) in [6, 6.07) is -0.822. The van der Waals surface area contributed by atoms with Crippen molar-refractivity contribution in [2.45, 2.75) is 500 Å². The van der Waals surface area contributed by atoms with Gasteiger partial charge in [0.1, 0.15) is 24.4 Å². The second-order valence-electron chi connectivity index (χ2n) is 30.3. The lowest BCUT2D eigenvalue weighted by molar-refractivity contribution is -0.302. The van der Waals surface area contributed by atoms with Crippen LogP contribution in [0.25, 0.3) is 0 Å². The summed E-state index contributed by atoms with van der Waals surface area (Å²) in [7, 11) is 0. The third-order valence-corrected chi connectivity index (χ3v) is 20.9. The van der Waals surface area contributed by atoms with E-state index in [-0.39, 0.29) is 12.5 Å². The molecule has 1 saturated heterocycles. The number of unbranched alkanes of at least 4 members (excludes halogenated alkanes) is 64. The quantitative estimate of drug-likeness (QED) is 0.0261. The predicted octanol–water partition coefficient (Wildman–Crippen LogP) is 25.3. The molecule has 0 aromatic rings. The molecule has 1 aliphatic rings. The van der Waals surface area contributed by atoms with Gasteiger partial charge in [-0.15, -0.1) is 0 Å². The van der Waals surface area contributed by atoms with Gasteiger partial charge in [-0.1, -0.05) is 429 Å². The summed E-state index contributed by atoms with van der Waals surface area (Å²) in [6.45, 7) is 3.83. The molecule has 1 aliphatic heterocycles. The molecule has 7 unspecified atom stereocenters. The number of rotatable bonds is 78. The summed E-state index contributed by atoms with van der Waals surface area (Å²) in [4.78, 5) is 13.2. The SMILES string of the molecule is CCCCCCCCCC/C=C\CCCCCCCCCCCCCCCCCCCCCCCCCCCCCCCC(=O)NC(COC1OC(CO)C(O)C(O)C1O)C(O)/C=C/CC/C=C/CCCCCCCCCCCCCCCCCCCCCCCCCCCC. The molecule has 1 rings (SSSR count). The first-order chi connectivity index (χ1) is 47.3. The number of aliphatic hydroxyl groups is 5. The first kappa shape index (κ1) is 92.4. The van der Waals surface area contributed by atoms with Gasteiger partial charge in [0.05, 0.1) is 25.4 Å². The molecule has 0 aromatic heterocycles. The largest absolute Gasteiger partial charge is 0.394 e. The highest BCUT2D eigenvalue weighted by molar-refractivity contribution is 5.76. The topological polar surface area (TPSA) is 149 Å². The fourth-order valence-electron chi connectivity index (χ4n) is 14.2. The predicted molar refractivity (Wildman–Crippen MR) is 415 cm³/mol. The minimum absolute atomic E-state index is 0.176. The molecule has 1 heterocycles. The van der Waals surface area contributed by atoms with Gasteiger partial charge in [-0.05, 0) is 57.8 Å². The average Bonchev–Trinajstić information content (AvgIpc) is 0.840. The van der Waals surface area contributed by atoms with Crippen molar-refractivity contribution in [2.75, 3.05) is 13.2 Å². The standard InChI is InChI=1S/C87H167NO8/c1-3-5-7-9-11-13-15-17-19-21-23-25-27-29-31-33-35-37-38-39-40-41-42-43-44-45-47-49-51-53-55-57-59-61-63-65-67-69-71-73-75-77-83(91)88-80(79-95-87-86(94)85(93)84(92)82(78-89)96-87)81(90)76-74-72-70-68-66-64-62-60-58-56-54-52-50-48-46-36-34-32-30-28-26-24-22-20-18-16-14-12-10-8-6-4-2/h21,23,66,68,74,76,80-82,84-87,89-90,92-94H,3-20,22,24-65,67,69-73,75,77-79H2,1-2H3,(H,88,91)/b23-21-,68-66+,76-74+. The maximum absolute atomic E-state index is 13.2. The maximum atomic E-state index is 13.2. The van der Waals surface area contributed by atoms with E-state index >= 15 is 0 Å². The Balaban J connectivity index is 2.03.